The first-order valence-corrected chi connectivity index (χ1v) is 4.60. The first kappa shape index (κ1) is 12.2. The van der Waals surface area contributed by atoms with E-state index < -0.39 is 0 Å². The van der Waals surface area contributed by atoms with E-state index in [0.717, 1.165) is 5.56 Å². The highest BCUT2D eigenvalue weighted by atomic mass is 35.5. The van der Waals surface area contributed by atoms with Gasteiger partial charge in [0.2, 0.25) is 0 Å². The van der Waals surface area contributed by atoms with Gasteiger partial charge in [-0.15, -0.1) is 12.4 Å². The van der Waals surface area contributed by atoms with E-state index in [4.69, 9.17) is 33.5 Å². The zero-order valence-electron chi connectivity index (χ0n) is 7.41. The highest BCUT2D eigenvalue weighted by Crippen LogP contribution is 2.30. The van der Waals surface area contributed by atoms with Crippen molar-refractivity contribution in [2.45, 2.75) is 0 Å². The molecule has 0 radical (unpaired) electrons. The van der Waals surface area contributed by atoms with Gasteiger partial charge in [0.15, 0.2) is 11.6 Å². The van der Waals surface area contributed by atoms with E-state index in [1.807, 2.05) is 0 Å². The molecular weight excluding hydrogens is 258 g/mol. The fourth-order valence-electron chi connectivity index (χ4n) is 1.11. The van der Waals surface area contributed by atoms with Crippen molar-refractivity contribution in [3.63, 3.8) is 0 Å². The maximum atomic E-state index is 5.96. The van der Waals surface area contributed by atoms with E-state index >= 15 is 0 Å². The summed E-state index contributed by atoms with van der Waals surface area (Å²) >= 11 is 11.7. The average molecular weight is 266 g/mol. The van der Waals surface area contributed by atoms with Crippen LogP contribution < -0.4 is 5.73 Å². The van der Waals surface area contributed by atoms with E-state index in [-0.39, 0.29) is 12.4 Å². The van der Waals surface area contributed by atoms with Gasteiger partial charge in [0.1, 0.15) is 0 Å². The van der Waals surface area contributed by atoms with Crippen molar-refractivity contribution in [3.05, 3.63) is 34.3 Å². The number of benzene rings is 1. The van der Waals surface area contributed by atoms with Gasteiger partial charge in [0.25, 0.3) is 0 Å². The first-order chi connectivity index (χ1) is 6.66. The van der Waals surface area contributed by atoms with Crippen molar-refractivity contribution in [3.8, 4) is 11.3 Å². The number of anilines is 1. The highest BCUT2D eigenvalue weighted by molar-refractivity contribution is 6.36. The predicted octanol–water partition coefficient (Wildman–Crippen LogP) is 3.65. The largest absolute Gasteiger partial charge is 0.381 e. The number of nitrogens with two attached hydrogens (primary N) is 1. The van der Waals surface area contributed by atoms with Crippen LogP contribution in [-0.4, -0.2) is 5.16 Å². The van der Waals surface area contributed by atoms with Gasteiger partial charge in [-0.05, 0) is 18.2 Å². The van der Waals surface area contributed by atoms with Crippen LogP contribution in [0.2, 0.25) is 10.0 Å². The quantitative estimate of drug-likeness (QED) is 0.856. The molecule has 1 aromatic carbocycles. The highest BCUT2D eigenvalue weighted by Gasteiger charge is 2.08. The second-order valence-electron chi connectivity index (χ2n) is 2.74. The summed E-state index contributed by atoms with van der Waals surface area (Å²) in [5.74, 6) is 0.857. The average Bonchev–Trinajstić information content (AvgIpc) is 2.51. The Kier molecular flexibility index (Phi) is 3.85. The van der Waals surface area contributed by atoms with E-state index in [9.17, 15) is 0 Å². The molecule has 3 nitrogen and oxygen atoms in total. The Bertz CT molecular complexity index is 470. The Morgan fingerprint density at radius 2 is 1.93 bits per heavy atom. The summed E-state index contributed by atoms with van der Waals surface area (Å²) < 4.78 is 4.97. The van der Waals surface area contributed by atoms with Crippen molar-refractivity contribution >= 4 is 41.4 Å². The SMILES string of the molecule is Cl.Nc1cc(-c2ccc(Cl)cc2Cl)on1. The molecule has 2 N–H and O–H groups in total. The summed E-state index contributed by atoms with van der Waals surface area (Å²) in [5.41, 5.74) is 6.14. The first-order valence-electron chi connectivity index (χ1n) is 3.84. The molecule has 0 saturated heterocycles. The molecule has 0 bridgehead atoms. The number of aromatic nitrogens is 1. The Labute approximate surface area is 103 Å². The lowest BCUT2D eigenvalue weighted by molar-refractivity contribution is 0.436. The molecular formula is C9H7Cl3N2O. The summed E-state index contributed by atoms with van der Waals surface area (Å²) in [7, 11) is 0. The van der Waals surface area contributed by atoms with Crippen LogP contribution in [-0.2, 0) is 0 Å². The van der Waals surface area contributed by atoms with Crippen LogP contribution in [0.3, 0.4) is 0 Å². The van der Waals surface area contributed by atoms with Gasteiger partial charge >= 0.3 is 0 Å². The summed E-state index contributed by atoms with van der Waals surface area (Å²) in [5, 5.41) is 4.65. The number of rotatable bonds is 1. The van der Waals surface area contributed by atoms with Crippen LogP contribution in [0.25, 0.3) is 11.3 Å². The molecule has 15 heavy (non-hydrogen) atoms. The molecule has 6 heteroatoms. The van der Waals surface area contributed by atoms with Crippen molar-refractivity contribution in [2.75, 3.05) is 5.73 Å². The zero-order valence-corrected chi connectivity index (χ0v) is 9.73. The number of hydrogen-bond acceptors (Lipinski definition) is 3. The zero-order chi connectivity index (χ0) is 10.1. The topological polar surface area (TPSA) is 52.0 Å². The fraction of sp³-hybridized carbons (Fsp3) is 0. The van der Waals surface area contributed by atoms with Crippen LogP contribution in [0.4, 0.5) is 5.82 Å². The minimum Gasteiger partial charge on any atom is -0.381 e. The summed E-state index contributed by atoms with van der Waals surface area (Å²) in [6, 6.07) is 6.72. The molecule has 0 aliphatic heterocycles. The third kappa shape index (κ3) is 2.56. The lowest BCUT2D eigenvalue weighted by Gasteiger charge is -1.98. The number of halogens is 3. The third-order valence-electron chi connectivity index (χ3n) is 1.72. The van der Waals surface area contributed by atoms with Crippen molar-refractivity contribution in [1.82, 2.24) is 5.16 Å². The summed E-state index contributed by atoms with van der Waals surface area (Å²) in [6.07, 6.45) is 0. The second-order valence-corrected chi connectivity index (χ2v) is 3.58. The summed E-state index contributed by atoms with van der Waals surface area (Å²) in [4.78, 5) is 0. The lowest BCUT2D eigenvalue weighted by atomic mass is 10.2. The van der Waals surface area contributed by atoms with Crippen molar-refractivity contribution in [1.29, 1.82) is 0 Å². The molecule has 0 spiro atoms. The minimum atomic E-state index is 0. The fourth-order valence-corrected chi connectivity index (χ4v) is 1.61. The predicted molar refractivity (Wildman–Crippen MR) is 63.6 cm³/mol. The van der Waals surface area contributed by atoms with Crippen LogP contribution in [0.15, 0.2) is 28.8 Å². The molecule has 0 unspecified atom stereocenters. The smallest absolute Gasteiger partial charge is 0.170 e. The molecule has 0 aliphatic rings. The Balaban J connectivity index is 0.00000112. The van der Waals surface area contributed by atoms with E-state index in [0.29, 0.717) is 21.6 Å². The van der Waals surface area contributed by atoms with Gasteiger partial charge in [-0.25, -0.2) is 0 Å². The maximum Gasteiger partial charge on any atom is 0.170 e. The normalized spacial score (nSPS) is 9.73. The monoisotopic (exact) mass is 264 g/mol. The van der Waals surface area contributed by atoms with Crippen LogP contribution in [0.5, 0.6) is 0 Å². The number of nitrogens with zero attached hydrogens (tertiary/aromatic N) is 1. The maximum absolute atomic E-state index is 5.96. The second kappa shape index (κ2) is 4.75. The van der Waals surface area contributed by atoms with E-state index in [1.165, 1.54) is 0 Å². The molecule has 2 aromatic rings. The molecule has 0 atom stereocenters. The van der Waals surface area contributed by atoms with Gasteiger partial charge < -0.3 is 10.3 Å². The molecule has 80 valence electrons. The molecule has 2 rings (SSSR count). The van der Waals surface area contributed by atoms with Crippen molar-refractivity contribution < 1.29 is 4.52 Å². The third-order valence-corrected chi connectivity index (χ3v) is 2.27. The number of hydrogen-bond donors (Lipinski definition) is 1. The molecule has 0 fully saturated rings. The Morgan fingerprint density at radius 3 is 2.47 bits per heavy atom. The van der Waals surface area contributed by atoms with Crippen LogP contribution >= 0.6 is 35.6 Å². The minimum absolute atomic E-state index is 0. The van der Waals surface area contributed by atoms with Crippen LogP contribution in [0, 0.1) is 0 Å². The van der Waals surface area contributed by atoms with Gasteiger partial charge in [-0.2, -0.15) is 0 Å². The van der Waals surface area contributed by atoms with E-state index in [2.05, 4.69) is 5.16 Å². The molecule has 1 aromatic heterocycles. The van der Waals surface area contributed by atoms with Crippen LogP contribution in [0.1, 0.15) is 0 Å². The number of nitrogen functional groups attached to an aromatic ring is 1. The van der Waals surface area contributed by atoms with Gasteiger partial charge in [0, 0.05) is 16.7 Å². The Morgan fingerprint density at radius 1 is 1.20 bits per heavy atom. The van der Waals surface area contributed by atoms with E-state index in [1.54, 1.807) is 24.3 Å². The standard InChI is InChI=1S/C9H6Cl2N2O.ClH/c10-5-1-2-6(7(11)3-5)8-4-9(12)13-14-8;/h1-4H,(H2,12,13);1H. The summed E-state index contributed by atoms with van der Waals surface area (Å²) in [6.45, 7) is 0. The lowest BCUT2D eigenvalue weighted by Crippen LogP contribution is -1.80. The van der Waals surface area contributed by atoms with Gasteiger partial charge in [-0.1, -0.05) is 28.4 Å². The Hall–Kier alpha value is -0.900. The molecule has 0 amide bonds. The van der Waals surface area contributed by atoms with Gasteiger partial charge in [0.05, 0.1) is 5.02 Å². The molecule has 1 heterocycles. The molecule has 0 aliphatic carbocycles. The molecule has 0 saturated carbocycles. The van der Waals surface area contributed by atoms with Crippen molar-refractivity contribution in [2.24, 2.45) is 0 Å². The van der Waals surface area contributed by atoms with Gasteiger partial charge in [-0.3, -0.25) is 0 Å².